The van der Waals surface area contributed by atoms with Gasteiger partial charge >= 0.3 is 12.0 Å². The Morgan fingerprint density at radius 2 is 2.04 bits per heavy atom. The lowest BCUT2D eigenvalue weighted by molar-refractivity contribution is -0.133. The molecule has 0 bridgehead atoms. The van der Waals surface area contributed by atoms with Crippen LogP contribution in [0.5, 0.6) is 5.75 Å². The highest BCUT2D eigenvalue weighted by Crippen LogP contribution is 2.41. The average Bonchev–Trinajstić information content (AvgIpc) is 2.93. The number of benzene rings is 2. The molecule has 0 aliphatic carbocycles. The van der Waals surface area contributed by atoms with Gasteiger partial charge in [-0.05, 0) is 23.8 Å². The standard InChI is InChI=1S/C20H18N2O5/c1-26-17(23)14-6-4-5-13(11-14)12-22-18(24)20(21-19(22)25)9-10-27-16-8-3-2-7-15(16)20/h2-8,11H,9-10,12H2,1H3,(H,21,25)/t20-/m1/s1. The summed E-state index contributed by atoms with van der Waals surface area (Å²) in [5.41, 5.74) is 0.596. The molecule has 0 unspecified atom stereocenters. The van der Waals surface area contributed by atoms with Crippen molar-refractivity contribution in [1.82, 2.24) is 10.2 Å². The van der Waals surface area contributed by atoms with E-state index in [2.05, 4.69) is 5.32 Å². The lowest BCUT2D eigenvalue weighted by Crippen LogP contribution is -2.47. The number of hydrogen-bond acceptors (Lipinski definition) is 5. The fourth-order valence-corrected chi connectivity index (χ4v) is 3.61. The molecule has 0 radical (unpaired) electrons. The smallest absolute Gasteiger partial charge is 0.337 e. The van der Waals surface area contributed by atoms with Crippen LogP contribution >= 0.6 is 0 Å². The first-order valence-corrected chi connectivity index (χ1v) is 8.59. The number of ether oxygens (including phenoxy) is 2. The highest BCUT2D eigenvalue weighted by atomic mass is 16.5. The molecule has 2 aliphatic rings. The molecule has 2 aromatic carbocycles. The molecule has 1 fully saturated rings. The number of esters is 1. The fraction of sp³-hybridized carbons (Fsp3) is 0.250. The number of amides is 3. The molecule has 4 rings (SSSR count). The number of imide groups is 1. The number of carbonyl (C=O) groups excluding carboxylic acids is 3. The van der Waals surface area contributed by atoms with Gasteiger partial charge in [-0.3, -0.25) is 9.69 Å². The van der Waals surface area contributed by atoms with Gasteiger partial charge in [0.25, 0.3) is 5.91 Å². The molecular formula is C20H18N2O5. The summed E-state index contributed by atoms with van der Waals surface area (Å²) in [7, 11) is 1.30. The van der Waals surface area contributed by atoms with Crippen LogP contribution < -0.4 is 10.1 Å². The maximum Gasteiger partial charge on any atom is 0.337 e. The zero-order valence-corrected chi connectivity index (χ0v) is 14.7. The molecule has 2 aliphatic heterocycles. The van der Waals surface area contributed by atoms with Crippen molar-refractivity contribution in [2.75, 3.05) is 13.7 Å². The summed E-state index contributed by atoms with van der Waals surface area (Å²) >= 11 is 0. The summed E-state index contributed by atoms with van der Waals surface area (Å²) in [5, 5.41) is 2.86. The Bertz CT molecular complexity index is 941. The van der Waals surface area contributed by atoms with E-state index in [4.69, 9.17) is 9.47 Å². The van der Waals surface area contributed by atoms with E-state index < -0.39 is 17.5 Å². The number of hydrogen-bond donors (Lipinski definition) is 1. The van der Waals surface area contributed by atoms with E-state index in [1.807, 2.05) is 12.1 Å². The normalized spacial score (nSPS) is 20.9. The van der Waals surface area contributed by atoms with E-state index in [0.29, 0.717) is 35.5 Å². The van der Waals surface area contributed by atoms with Crippen LogP contribution in [0.2, 0.25) is 0 Å². The zero-order chi connectivity index (χ0) is 19.0. The van der Waals surface area contributed by atoms with Crippen LogP contribution in [0.1, 0.15) is 27.9 Å². The SMILES string of the molecule is COC(=O)c1cccc(CN2C(=O)N[C@@]3(CCOc4ccccc43)C2=O)c1. The molecule has 1 spiro atoms. The van der Waals surface area contributed by atoms with Crippen LogP contribution in [-0.2, 0) is 21.6 Å². The van der Waals surface area contributed by atoms with Crippen molar-refractivity contribution >= 4 is 17.9 Å². The van der Waals surface area contributed by atoms with Gasteiger partial charge in [-0.2, -0.15) is 0 Å². The molecule has 138 valence electrons. The monoisotopic (exact) mass is 366 g/mol. The maximum absolute atomic E-state index is 13.2. The quantitative estimate of drug-likeness (QED) is 0.665. The molecule has 3 amide bonds. The van der Waals surface area contributed by atoms with E-state index in [0.717, 1.165) is 0 Å². The Morgan fingerprint density at radius 3 is 2.85 bits per heavy atom. The number of methoxy groups -OCH3 is 1. The van der Waals surface area contributed by atoms with Gasteiger partial charge < -0.3 is 14.8 Å². The van der Waals surface area contributed by atoms with Crippen molar-refractivity contribution < 1.29 is 23.9 Å². The van der Waals surface area contributed by atoms with E-state index >= 15 is 0 Å². The number of para-hydroxylation sites is 1. The third kappa shape index (κ3) is 2.71. The molecule has 1 N–H and O–H groups in total. The van der Waals surface area contributed by atoms with Crippen molar-refractivity contribution in [2.45, 2.75) is 18.5 Å². The van der Waals surface area contributed by atoms with Crippen LogP contribution in [0.3, 0.4) is 0 Å². The molecule has 2 heterocycles. The predicted molar refractivity (Wildman–Crippen MR) is 95.1 cm³/mol. The van der Waals surface area contributed by atoms with Crippen molar-refractivity contribution in [1.29, 1.82) is 0 Å². The first-order chi connectivity index (χ1) is 13.0. The Balaban J connectivity index is 1.65. The Kier molecular flexibility index (Phi) is 4.07. The minimum absolute atomic E-state index is 0.0697. The van der Waals surface area contributed by atoms with Crippen LogP contribution in [-0.4, -0.2) is 36.5 Å². The van der Waals surface area contributed by atoms with Crippen LogP contribution in [0.25, 0.3) is 0 Å². The number of nitrogens with one attached hydrogen (secondary N) is 1. The molecule has 2 aromatic rings. The molecule has 1 atom stereocenters. The molecule has 0 saturated carbocycles. The number of urea groups is 1. The number of fused-ring (bicyclic) bond motifs is 2. The summed E-state index contributed by atoms with van der Waals surface area (Å²) < 4.78 is 10.3. The van der Waals surface area contributed by atoms with Crippen LogP contribution in [0, 0.1) is 0 Å². The lowest BCUT2D eigenvalue weighted by Gasteiger charge is -2.33. The summed E-state index contributed by atoms with van der Waals surface area (Å²) in [4.78, 5) is 38.7. The highest BCUT2D eigenvalue weighted by molar-refractivity contribution is 6.08. The molecule has 0 aromatic heterocycles. The lowest BCUT2D eigenvalue weighted by atomic mass is 9.84. The minimum atomic E-state index is -1.11. The second-order valence-electron chi connectivity index (χ2n) is 6.51. The summed E-state index contributed by atoms with van der Waals surface area (Å²) in [6, 6.07) is 13.5. The highest BCUT2D eigenvalue weighted by Gasteiger charge is 2.54. The first kappa shape index (κ1) is 17.1. The zero-order valence-electron chi connectivity index (χ0n) is 14.7. The third-order valence-corrected chi connectivity index (χ3v) is 4.95. The van der Waals surface area contributed by atoms with E-state index in [9.17, 15) is 14.4 Å². The average molecular weight is 366 g/mol. The summed E-state index contributed by atoms with van der Waals surface area (Å²) in [5.74, 6) is -0.178. The van der Waals surface area contributed by atoms with Gasteiger partial charge in [0, 0.05) is 12.0 Å². The Hall–Kier alpha value is -3.35. The van der Waals surface area contributed by atoms with Crippen molar-refractivity contribution in [3.8, 4) is 5.75 Å². The molecular weight excluding hydrogens is 348 g/mol. The number of carbonyl (C=O) groups is 3. The van der Waals surface area contributed by atoms with E-state index in [1.165, 1.54) is 12.0 Å². The van der Waals surface area contributed by atoms with E-state index in [-0.39, 0.29) is 12.5 Å². The van der Waals surface area contributed by atoms with Gasteiger partial charge in [-0.1, -0.05) is 30.3 Å². The minimum Gasteiger partial charge on any atom is -0.493 e. The van der Waals surface area contributed by atoms with Crippen LogP contribution in [0.4, 0.5) is 4.79 Å². The molecule has 7 nitrogen and oxygen atoms in total. The second-order valence-corrected chi connectivity index (χ2v) is 6.51. The topological polar surface area (TPSA) is 84.9 Å². The molecule has 7 heteroatoms. The largest absolute Gasteiger partial charge is 0.493 e. The van der Waals surface area contributed by atoms with Gasteiger partial charge in [0.2, 0.25) is 0 Å². The third-order valence-electron chi connectivity index (χ3n) is 4.95. The molecule has 27 heavy (non-hydrogen) atoms. The van der Waals surface area contributed by atoms with Gasteiger partial charge in [0.05, 0.1) is 25.8 Å². The second kappa shape index (κ2) is 6.42. The predicted octanol–water partition coefficient (Wildman–Crippen LogP) is 2.20. The Morgan fingerprint density at radius 1 is 1.22 bits per heavy atom. The maximum atomic E-state index is 13.2. The number of rotatable bonds is 3. The van der Waals surface area contributed by atoms with Gasteiger partial charge in [-0.15, -0.1) is 0 Å². The van der Waals surface area contributed by atoms with Gasteiger partial charge in [0.1, 0.15) is 5.75 Å². The van der Waals surface area contributed by atoms with Crippen molar-refractivity contribution in [2.24, 2.45) is 0 Å². The van der Waals surface area contributed by atoms with Crippen LogP contribution in [0.15, 0.2) is 48.5 Å². The fourth-order valence-electron chi connectivity index (χ4n) is 3.61. The Labute approximate surface area is 155 Å². The number of nitrogens with zero attached hydrogens (tertiary/aromatic N) is 1. The van der Waals surface area contributed by atoms with Crippen molar-refractivity contribution in [3.05, 3.63) is 65.2 Å². The van der Waals surface area contributed by atoms with Gasteiger partial charge in [-0.25, -0.2) is 9.59 Å². The summed E-state index contributed by atoms with van der Waals surface area (Å²) in [6.45, 7) is 0.412. The first-order valence-electron chi connectivity index (χ1n) is 8.59. The van der Waals surface area contributed by atoms with E-state index in [1.54, 1.807) is 36.4 Å². The summed E-state index contributed by atoms with van der Waals surface area (Å²) in [6.07, 6.45) is 0.368. The van der Waals surface area contributed by atoms with Crippen molar-refractivity contribution in [3.63, 3.8) is 0 Å². The molecule has 1 saturated heterocycles. The van der Waals surface area contributed by atoms with Gasteiger partial charge in [0.15, 0.2) is 5.54 Å².